The van der Waals surface area contributed by atoms with Gasteiger partial charge in [-0.3, -0.25) is 8.74 Å². The first kappa shape index (κ1) is 157. The van der Waals surface area contributed by atoms with Crippen LogP contribution < -0.4 is 102 Å². The molecule has 0 bridgehead atoms. The minimum absolute atomic E-state index is 0. The molecule has 6 aliphatic rings. The molecule has 0 aromatic heterocycles. The molecule has 0 saturated heterocycles. The zero-order chi connectivity index (χ0) is 112. The Morgan fingerprint density at radius 1 is 0.439 bits per heavy atom. The van der Waals surface area contributed by atoms with Gasteiger partial charge in [0, 0.05) is 141 Å². The number of carbonyl (C=O) groups excluding carboxylic acids is 6. The Hall–Kier alpha value is -4.00. The van der Waals surface area contributed by atoms with E-state index in [0.29, 0.717) is 122 Å². The van der Waals surface area contributed by atoms with E-state index >= 15 is 0 Å². The summed E-state index contributed by atoms with van der Waals surface area (Å²) in [5.74, 6) is -14.9. The zero-order valence-electron chi connectivity index (χ0n) is 93.8. The summed E-state index contributed by atoms with van der Waals surface area (Å²) in [6.07, 6.45) is 6.88. The number of nitrogens with one attached hydrogen (secondary N) is 6. The maximum atomic E-state index is 13.2. The third-order valence-electron chi connectivity index (χ3n) is 22.4. The minimum Gasteiger partial charge on any atom is -1.00 e. The number of carbonyl (C=O) groups is 6. The van der Waals surface area contributed by atoms with E-state index in [1.807, 2.05) is 86.5 Å². The second-order valence-corrected chi connectivity index (χ2v) is 49.4. The number of aliphatic hydroxyl groups is 2. The largest absolute Gasteiger partial charge is 1.00 e. The molecule has 7 rings (SSSR count). The first-order valence-corrected chi connectivity index (χ1v) is 54.8. The molecule has 0 spiro atoms. The molecular weight excluding hydrogens is 2080 g/mol. The third kappa shape index (κ3) is 89.1. The molecule has 14 N–H and O–H groups in total. The summed E-state index contributed by atoms with van der Waals surface area (Å²) in [6.45, 7) is 29.9. The normalized spacial score (nSPS) is 19.0. The van der Waals surface area contributed by atoms with Gasteiger partial charge in [-0.25, -0.2) is 89.9 Å². The molecule has 6 saturated carbocycles. The molecule has 3 radical (unpaired) electrons. The number of rotatable bonds is 29. The van der Waals surface area contributed by atoms with Crippen LogP contribution in [0.5, 0.6) is 0 Å². The average molecular weight is 2260 g/mol. The van der Waals surface area contributed by atoms with Gasteiger partial charge in [-0.1, -0.05) is 17.7 Å². The molecule has 6 atom stereocenters. The summed E-state index contributed by atoms with van der Waals surface area (Å²) in [5.41, 5.74) is 8.34. The van der Waals surface area contributed by atoms with Crippen LogP contribution in [0.1, 0.15) is 303 Å². The predicted molar refractivity (Wildman–Crippen MR) is 543 cm³/mol. The van der Waals surface area contributed by atoms with E-state index in [1.165, 1.54) is 26.3 Å². The quantitative estimate of drug-likeness (QED) is 0.00675. The van der Waals surface area contributed by atoms with Gasteiger partial charge in [-0.15, -0.1) is 0 Å². The Bertz CT molecular complexity index is 4130. The second-order valence-electron chi connectivity index (χ2n) is 43.3. The number of alkyl halides is 12. The number of benzene rings is 1. The molecule has 865 valence electrons. The third-order valence-corrected chi connectivity index (χ3v) is 23.8. The SMILES string of the molecule is CC(C)(C)OC(=O)N[C@H](CO)CC1CCC(F)(F)CC1.CC(C)(C)OC(=O)N[C@H](COS(C)(=O)=O)CC1CCC(F)(F)CC1.CN.CN(C)C[C@@H](N)CC1CCC(F)(F)CC1.CN(C)C[C@H](CC1CCC(F)(F)CC1)NC(=O)OC(C)(C)C.CNC[C@H](CC1CCC(F)(F)CC1)NC(=O)OC(C)(C)C.CO.COC(=O)[C@H](CC1CCC(F)(F)CC1)NC(=O)OC(C)(C)C.CS(=O)(=O)Cl.Cc1ccc(S(=O)(=O)O)cc1.[B].[H-].[Na+].[Na+].[OH-]. The zero-order valence-corrected chi connectivity index (χ0v) is 100. The van der Waals surface area contributed by atoms with Gasteiger partial charge in [0.25, 0.3) is 20.2 Å². The maximum Gasteiger partial charge on any atom is 1.00 e. The van der Waals surface area contributed by atoms with Crippen LogP contribution in [-0.4, -0.2) is 302 Å². The number of amides is 5. The number of likely N-dealkylation sites (N-methyl/N-ethyl adjacent to an activating group) is 3. The molecule has 148 heavy (non-hydrogen) atoms. The molecular formula is C96H179BClF12N10Na2O23S3. The maximum absolute atomic E-state index is 13.2. The van der Waals surface area contributed by atoms with Crippen molar-refractivity contribution >= 4 is 84.8 Å². The number of methoxy groups -OCH3 is 1. The number of hydrogen-bond donors (Lipinski definition) is 11. The van der Waals surface area contributed by atoms with Crippen LogP contribution in [0.25, 0.3) is 0 Å². The summed E-state index contributed by atoms with van der Waals surface area (Å²) >= 11 is 0. The van der Waals surface area contributed by atoms with Gasteiger partial charge < -0.3 is 98.7 Å². The minimum atomic E-state index is -4.02. The fourth-order valence-corrected chi connectivity index (χ4v) is 16.8. The summed E-state index contributed by atoms with van der Waals surface area (Å²) in [7, 11) is 6.98. The van der Waals surface area contributed by atoms with E-state index in [9.17, 15) is 112 Å². The van der Waals surface area contributed by atoms with Crippen molar-refractivity contribution < 1.29 is 220 Å². The topological polar surface area (TPSA) is 491 Å². The molecule has 0 unspecified atom stereocenters. The van der Waals surface area contributed by atoms with Crippen LogP contribution >= 0.6 is 10.7 Å². The molecule has 5 amide bonds. The monoisotopic (exact) mass is 2260 g/mol. The molecule has 33 nitrogen and oxygen atoms in total. The van der Waals surface area contributed by atoms with Gasteiger partial charge in [-0.2, -0.15) is 16.8 Å². The molecule has 1 aromatic rings. The predicted octanol–water partition coefficient (Wildman–Crippen LogP) is 12.7. The van der Waals surface area contributed by atoms with E-state index in [2.05, 4.69) is 53.1 Å². The molecule has 6 aliphatic carbocycles. The second kappa shape index (κ2) is 73.6. The Kier molecular flexibility index (Phi) is 78.0. The number of nitrogens with two attached hydrogens (primary N) is 2. The number of aliphatic hydroxyl groups excluding tert-OH is 2. The van der Waals surface area contributed by atoms with Crippen molar-refractivity contribution in [3.8, 4) is 0 Å². The van der Waals surface area contributed by atoms with Crippen LogP contribution in [0.4, 0.5) is 76.7 Å². The van der Waals surface area contributed by atoms with Crippen LogP contribution in [0, 0.1) is 42.4 Å². The molecule has 52 heteroatoms. The summed E-state index contributed by atoms with van der Waals surface area (Å²) < 4.78 is 263. The van der Waals surface area contributed by atoms with Crippen LogP contribution in [0.15, 0.2) is 29.2 Å². The van der Waals surface area contributed by atoms with Crippen molar-refractivity contribution in [1.29, 1.82) is 0 Å². The number of aryl methyl sites for hydroxylation is 1. The van der Waals surface area contributed by atoms with Crippen LogP contribution in [-0.2, 0) is 66.7 Å². The number of esters is 1. The van der Waals surface area contributed by atoms with E-state index in [0.717, 1.165) is 38.2 Å². The van der Waals surface area contributed by atoms with E-state index in [-0.39, 0.29) is 224 Å². The van der Waals surface area contributed by atoms with Gasteiger partial charge in [0.1, 0.15) is 34.0 Å². The van der Waals surface area contributed by atoms with Gasteiger partial charge in [0.05, 0.1) is 49.8 Å². The molecule has 6 fully saturated rings. The fraction of sp³-hybridized carbons (Fsp3) is 0.875. The van der Waals surface area contributed by atoms with Crippen molar-refractivity contribution in [3.63, 3.8) is 0 Å². The van der Waals surface area contributed by atoms with Crippen molar-refractivity contribution in [3.05, 3.63) is 29.8 Å². The van der Waals surface area contributed by atoms with Crippen molar-refractivity contribution in [2.75, 3.05) is 102 Å². The first-order chi connectivity index (χ1) is 65.4. The number of hydrogen-bond acceptors (Lipinski definition) is 27. The molecule has 0 aliphatic heterocycles. The van der Waals surface area contributed by atoms with Crippen molar-refractivity contribution in [1.82, 2.24) is 41.7 Å². The van der Waals surface area contributed by atoms with E-state index in [1.54, 1.807) is 81.5 Å². The number of ether oxygens (including phenoxy) is 6. The summed E-state index contributed by atoms with van der Waals surface area (Å²) in [5, 5.41) is 32.7. The smallest absolute Gasteiger partial charge is 1.00 e. The standard InChI is InChI=1S/C16H30F2N2O2.C15H28F2N2O2.C15H27F2NO5S.C15H25F2NO4.C14H25F2NO3.C11H22F2N2.C7H8O3S.CH3ClO2S.CH5N.CH4O.B.2Na.H2O.H/c1-15(2,3)22-14(21)19-13(11-20(4)5)10-12-6-8-16(17,18)9-7-12;1-14(2,3)21-13(20)19-12(10-18-4)9-11-5-7-15(16,17)8-6-11;1-14(2,3)23-13(19)18-12(10-22-24(4,20)21)9-11-5-7-15(16,17)8-6-11;1-14(2,3)22-13(20)18-11(12(19)21-4)9-10-5-7-15(16,17)8-6-10;1-13(2,3)20-12(19)17-11(9-18)8-10-4-6-14(15,16)7-5-10;1-15(2)8-10(14)7-9-3-5-11(12,13)6-4-9;1-6-2-4-7(5-3-6)11(8,9)10;1-5(2,3)4;2*1-2;;;;;/h12-13H,6-11H2,1-5H3,(H,19,21);11-12,18H,5-10H2,1-4H3,(H,19,20);11-12H,5-10H2,1-4H3,(H,18,19);10-11H,5-9H2,1-4H3,(H,18,20);10-11,18H,4-9H2,1-3H3,(H,17,19);9-10H,3-8,14H2,1-2H3;2-5H,1H3,(H,8,9,10);1H3;2H2,1H3;2H,1H3;;;;1H2;/q;;;;;;;;;;;2*+1;;-1/p-1/t13-;2*12-;2*11-;10-;;;;;;;;;/m000000........./s1. The average Bonchev–Trinajstić information content (AvgIpc) is 0.842. The number of alkyl carbamates (subject to hydrolysis) is 5. The van der Waals surface area contributed by atoms with Gasteiger partial charge in [0.15, 0.2) is 0 Å². The Morgan fingerprint density at radius 2 is 0.669 bits per heavy atom. The van der Waals surface area contributed by atoms with Crippen molar-refractivity contribution in [2.24, 2.45) is 47.0 Å². The fourth-order valence-electron chi connectivity index (χ4n) is 16.0. The molecule has 0 heterocycles. The van der Waals surface area contributed by atoms with Gasteiger partial charge >= 0.3 is 95.6 Å². The number of nitrogens with zero attached hydrogens (tertiary/aromatic N) is 2. The Morgan fingerprint density at radius 3 is 0.912 bits per heavy atom. The Labute approximate surface area is 926 Å². The van der Waals surface area contributed by atoms with Gasteiger partial charge in [0.2, 0.25) is 44.6 Å². The summed E-state index contributed by atoms with van der Waals surface area (Å²) in [6, 6.07) is 3.99. The van der Waals surface area contributed by atoms with Crippen LogP contribution in [0.2, 0.25) is 0 Å². The van der Waals surface area contributed by atoms with Crippen molar-refractivity contribution in [2.45, 2.75) is 408 Å². The number of halogens is 13. The van der Waals surface area contributed by atoms with E-state index in [4.69, 9.17) is 43.3 Å². The molecule has 1 aromatic carbocycles. The van der Waals surface area contributed by atoms with Gasteiger partial charge in [-0.05, 0) is 316 Å². The van der Waals surface area contributed by atoms with Crippen LogP contribution in [0.3, 0.4) is 0 Å². The Balaban J connectivity index is -0.000000256. The first-order valence-electron chi connectivity index (χ1n) is 48.8. The van der Waals surface area contributed by atoms with E-state index < -0.39 is 147 Å². The summed E-state index contributed by atoms with van der Waals surface area (Å²) in [4.78, 5) is 74.7.